The van der Waals surface area contributed by atoms with E-state index in [0.717, 1.165) is 24.3 Å². The maximum Gasteiger partial charge on any atom is 0.116 e. The van der Waals surface area contributed by atoms with Gasteiger partial charge in [0.2, 0.25) is 0 Å². The summed E-state index contributed by atoms with van der Waals surface area (Å²) in [5, 5.41) is 0. The summed E-state index contributed by atoms with van der Waals surface area (Å²) in [7, 11) is 0. The van der Waals surface area contributed by atoms with Gasteiger partial charge in [0.25, 0.3) is 0 Å². The number of hydrogen-bond acceptors (Lipinski definition) is 3. The first-order chi connectivity index (χ1) is 9.20. The van der Waals surface area contributed by atoms with Crippen molar-refractivity contribution >= 4 is 11.0 Å². The molecule has 4 nitrogen and oxygen atoms in total. The summed E-state index contributed by atoms with van der Waals surface area (Å²) in [6.07, 6.45) is 1.09. The third-order valence-corrected chi connectivity index (χ3v) is 3.84. The van der Waals surface area contributed by atoms with E-state index in [1.54, 1.807) is 0 Å². The van der Waals surface area contributed by atoms with Gasteiger partial charge < -0.3 is 15.0 Å². The van der Waals surface area contributed by atoms with Crippen molar-refractivity contribution < 1.29 is 4.74 Å². The minimum atomic E-state index is 0.0634. The molecule has 2 atom stereocenters. The van der Waals surface area contributed by atoms with E-state index >= 15 is 0 Å². The molecule has 2 N–H and O–H groups in total. The van der Waals surface area contributed by atoms with Gasteiger partial charge in [0.1, 0.15) is 5.82 Å². The molecular formula is C15H21N3O. The van der Waals surface area contributed by atoms with Crippen molar-refractivity contribution in [1.82, 2.24) is 9.55 Å². The number of aryl methyl sites for hydroxylation is 2. The minimum Gasteiger partial charge on any atom is -0.379 e. The second kappa shape index (κ2) is 4.94. The molecule has 0 spiro atoms. The molecule has 1 aliphatic rings. The van der Waals surface area contributed by atoms with Gasteiger partial charge in [0.15, 0.2) is 0 Å². The Morgan fingerprint density at radius 1 is 1.42 bits per heavy atom. The van der Waals surface area contributed by atoms with E-state index in [9.17, 15) is 0 Å². The average molecular weight is 259 g/mol. The van der Waals surface area contributed by atoms with Crippen LogP contribution in [0.4, 0.5) is 0 Å². The predicted molar refractivity (Wildman–Crippen MR) is 76.3 cm³/mol. The molecule has 0 saturated carbocycles. The van der Waals surface area contributed by atoms with Gasteiger partial charge in [-0.3, -0.25) is 0 Å². The van der Waals surface area contributed by atoms with Crippen LogP contribution in [-0.2, 0) is 11.3 Å². The zero-order chi connectivity index (χ0) is 13.4. The number of nitrogens with zero attached hydrogens (tertiary/aromatic N) is 2. The highest BCUT2D eigenvalue weighted by atomic mass is 16.5. The van der Waals surface area contributed by atoms with E-state index in [-0.39, 0.29) is 12.0 Å². The Labute approximate surface area is 113 Å². The van der Waals surface area contributed by atoms with Gasteiger partial charge in [-0.2, -0.15) is 0 Å². The molecule has 3 rings (SSSR count). The monoisotopic (exact) mass is 259 g/mol. The third kappa shape index (κ3) is 2.15. The van der Waals surface area contributed by atoms with Crippen molar-refractivity contribution in [3.05, 3.63) is 29.6 Å². The van der Waals surface area contributed by atoms with E-state index in [2.05, 4.69) is 36.6 Å². The van der Waals surface area contributed by atoms with E-state index in [4.69, 9.17) is 15.5 Å². The zero-order valence-corrected chi connectivity index (χ0v) is 11.6. The smallest absolute Gasteiger partial charge is 0.116 e. The molecule has 2 unspecified atom stereocenters. The summed E-state index contributed by atoms with van der Waals surface area (Å²) in [6, 6.07) is 6.52. The fraction of sp³-hybridized carbons (Fsp3) is 0.533. The molecule has 0 amide bonds. The molecular weight excluding hydrogens is 238 g/mol. The summed E-state index contributed by atoms with van der Waals surface area (Å²) in [4.78, 5) is 4.83. The second-order valence-corrected chi connectivity index (χ2v) is 5.42. The quantitative estimate of drug-likeness (QED) is 0.919. The first kappa shape index (κ1) is 12.6. The normalized spacial score (nSPS) is 23.3. The molecule has 1 aromatic heterocycles. The maximum absolute atomic E-state index is 6.15. The molecule has 0 aliphatic carbocycles. The van der Waals surface area contributed by atoms with Crippen molar-refractivity contribution in [2.24, 2.45) is 5.73 Å². The lowest BCUT2D eigenvalue weighted by atomic mass is 10.0. The Hall–Kier alpha value is -1.39. The Bertz CT molecular complexity index is 590. The van der Waals surface area contributed by atoms with Crippen LogP contribution in [0.3, 0.4) is 0 Å². The number of benzene rings is 1. The molecule has 0 radical (unpaired) electrons. The maximum atomic E-state index is 6.15. The van der Waals surface area contributed by atoms with Gasteiger partial charge >= 0.3 is 0 Å². The van der Waals surface area contributed by atoms with Gasteiger partial charge in [0, 0.05) is 12.6 Å². The van der Waals surface area contributed by atoms with Crippen LogP contribution in [0.15, 0.2) is 18.2 Å². The van der Waals surface area contributed by atoms with Crippen molar-refractivity contribution in [3.63, 3.8) is 0 Å². The lowest BCUT2D eigenvalue weighted by molar-refractivity contribution is 0.190. The summed E-state index contributed by atoms with van der Waals surface area (Å²) >= 11 is 0. The standard InChI is InChI=1S/C15H21N3O/c1-3-6-18-14-5-4-10(2)7-13(14)17-15(18)11-8-19-9-12(11)16/h4-5,7,11-12H,3,6,8-9,16H2,1-2H3. The number of aromatic nitrogens is 2. The largest absolute Gasteiger partial charge is 0.379 e. The van der Waals surface area contributed by atoms with Crippen LogP contribution in [0.25, 0.3) is 11.0 Å². The molecule has 0 bridgehead atoms. The molecule has 2 heterocycles. The number of hydrogen-bond donors (Lipinski definition) is 1. The topological polar surface area (TPSA) is 53.1 Å². The Kier molecular flexibility index (Phi) is 3.29. The number of imidazole rings is 1. The lowest BCUT2D eigenvalue weighted by Gasteiger charge is -2.15. The number of nitrogens with two attached hydrogens (primary N) is 1. The van der Waals surface area contributed by atoms with Crippen molar-refractivity contribution in [1.29, 1.82) is 0 Å². The third-order valence-electron chi connectivity index (χ3n) is 3.84. The average Bonchev–Trinajstić information content (AvgIpc) is 2.94. The lowest BCUT2D eigenvalue weighted by Crippen LogP contribution is -2.29. The van der Waals surface area contributed by atoms with E-state index in [1.807, 2.05) is 0 Å². The second-order valence-electron chi connectivity index (χ2n) is 5.42. The molecule has 19 heavy (non-hydrogen) atoms. The Balaban J connectivity index is 2.13. The molecule has 4 heteroatoms. The fourth-order valence-electron chi connectivity index (χ4n) is 2.84. The van der Waals surface area contributed by atoms with E-state index in [1.165, 1.54) is 11.1 Å². The first-order valence-corrected chi connectivity index (χ1v) is 7.00. The van der Waals surface area contributed by atoms with Gasteiger partial charge in [-0.25, -0.2) is 4.98 Å². The van der Waals surface area contributed by atoms with Crippen LogP contribution in [0.1, 0.15) is 30.7 Å². The van der Waals surface area contributed by atoms with E-state index < -0.39 is 0 Å². The highest BCUT2D eigenvalue weighted by Crippen LogP contribution is 2.28. The Morgan fingerprint density at radius 2 is 2.26 bits per heavy atom. The Morgan fingerprint density at radius 3 is 2.95 bits per heavy atom. The van der Waals surface area contributed by atoms with E-state index in [0.29, 0.717) is 13.2 Å². The van der Waals surface area contributed by atoms with Gasteiger partial charge in [-0.1, -0.05) is 13.0 Å². The fourth-order valence-corrected chi connectivity index (χ4v) is 2.84. The van der Waals surface area contributed by atoms with Crippen LogP contribution in [0.5, 0.6) is 0 Å². The van der Waals surface area contributed by atoms with Crippen molar-refractivity contribution in [2.75, 3.05) is 13.2 Å². The number of fused-ring (bicyclic) bond motifs is 1. The summed E-state index contributed by atoms with van der Waals surface area (Å²) in [5.74, 6) is 1.31. The molecule has 1 saturated heterocycles. The van der Waals surface area contributed by atoms with Crippen LogP contribution in [0.2, 0.25) is 0 Å². The summed E-state index contributed by atoms with van der Waals surface area (Å²) in [6.45, 7) is 6.60. The SMILES string of the molecule is CCCn1c(C2COCC2N)nc2cc(C)ccc21. The van der Waals surface area contributed by atoms with Gasteiger partial charge in [-0.15, -0.1) is 0 Å². The van der Waals surface area contributed by atoms with Gasteiger partial charge in [0.05, 0.1) is 30.2 Å². The van der Waals surface area contributed by atoms with Crippen molar-refractivity contribution in [2.45, 2.75) is 38.8 Å². The molecule has 1 aromatic carbocycles. The highest BCUT2D eigenvalue weighted by molar-refractivity contribution is 5.77. The number of rotatable bonds is 3. The van der Waals surface area contributed by atoms with Gasteiger partial charge in [-0.05, 0) is 31.0 Å². The molecule has 1 fully saturated rings. The van der Waals surface area contributed by atoms with Crippen LogP contribution in [-0.4, -0.2) is 28.8 Å². The molecule has 102 valence electrons. The molecule has 2 aromatic rings. The highest BCUT2D eigenvalue weighted by Gasteiger charge is 2.30. The molecule has 1 aliphatic heterocycles. The summed E-state index contributed by atoms with van der Waals surface area (Å²) in [5.41, 5.74) is 9.67. The van der Waals surface area contributed by atoms with Crippen molar-refractivity contribution in [3.8, 4) is 0 Å². The number of ether oxygens (including phenoxy) is 1. The first-order valence-electron chi connectivity index (χ1n) is 7.00. The van der Waals surface area contributed by atoms with Crippen LogP contribution >= 0.6 is 0 Å². The van der Waals surface area contributed by atoms with Crippen LogP contribution in [0, 0.1) is 6.92 Å². The predicted octanol–water partition coefficient (Wildman–Crippen LogP) is 2.20. The zero-order valence-electron chi connectivity index (χ0n) is 11.6. The van der Waals surface area contributed by atoms with Crippen LogP contribution < -0.4 is 5.73 Å². The summed E-state index contributed by atoms with van der Waals surface area (Å²) < 4.78 is 7.81. The minimum absolute atomic E-state index is 0.0634.